The lowest BCUT2D eigenvalue weighted by molar-refractivity contribution is -0.147. The van der Waals surface area contributed by atoms with Crippen LogP contribution in [-0.2, 0) is 14.3 Å². The molecule has 3 rings (SSSR count). The van der Waals surface area contributed by atoms with E-state index in [1.54, 1.807) is 4.90 Å². The number of nitrogens with zero attached hydrogens (tertiary/aromatic N) is 2. The Labute approximate surface area is 167 Å². The van der Waals surface area contributed by atoms with Crippen molar-refractivity contribution in [2.24, 2.45) is 5.92 Å². The molecule has 2 fully saturated rings. The van der Waals surface area contributed by atoms with Crippen LogP contribution < -0.4 is 0 Å². The maximum absolute atomic E-state index is 13.0. The van der Waals surface area contributed by atoms with E-state index >= 15 is 0 Å². The Morgan fingerprint density at radius 2 is 1.82 bits per heavy atom. The van der Waals surface area contributed by atoms with Gasteiger partial charge in [0, 0.05) is 30.6 Å². The maximum Gasteiger partial charge on any atom is 0.411 e. The number of hydrogen-bond donors (Lipinski definition) is 0. The molecule has 5 atom stereocenters. The van der Waals surface area contributed by atoms with Crippen LogP contribution in [0.2, 0.25) is 0 Å². The van der Waals surface area contributed by atoms with Crippen molar-refractivity contribution in [3.8, 4) is 0 Å². The van der Waals surface area contributed by atoms with Crippen molar-refractivity contribution in [2.45, 2.75) is 70.8 Å². The van der Waals surface area contributed by atoms with Gasteiger partial charge in [-0.05, 0) is 46.6 Å². The van der Waals surface area contributed by atoms with Gasteiger partial charge in [-0.25, -0.2) is 9.59 Å². The van der Waals surface area contributed by atoms with Crippen LogP contribution in [0.3, 0.4) is 0 Å². The quantitative estimate of drug-likeness (QED) is 0.740. The Kier molecular flexibility index (Phi) is 5.71. The highest BCUT2D eigenvalue weighted by atomic mass is 16.6. The molecule has 2 heterocycles. The van der Waals surface area contributed by atoms with Gasteiger partial charge in [-0.1, -0.05) is 30.3 Å². The average molecular weight is 389 g/mol. The van der Waals surface area contributed by atoms with E-state index in [1.165, 1.54) is 12.7 Å². The molecule has 28 heavy (non-hydrogen) atoms. The van der Waals surface area contributed by atoms with E-state index in [2.05, 4.69) is 30.9 Å². The molecule has 1 unspecified atom stereocenters. The molecule has 154 valence electrons. The SMILES string of the molecule is COC(=O)[C@H]1[C@H]2C[C@H](CN([C@@H](C)c3ccccc3)C2C)N1C(=O)OC(C)(C)C. The second-order valence-corrected chi connectivity index (χ2v) is 8.93. The second kappa shape index (κ2) is 7.74. The summed E-state index contributed by atoms with van der Waals surface area (Å²) in [7, 11) is 1.38. The third kappa shape index (κ3) is 3.88. The van der Waals surface area contributed by atoms with Gasteiger partial charge in [-0.3, -0.25) is 9.80 Å². The zero-order valence-electron chi connectivity index (χ0n) is 17.7. The number of carbonyl (C=O) groups excluding carboxylic acids is 2. The standard InChI is InChI=1S/C22H32N2O4/c1-14(16-10-8-7-9-11-16)23-13-17-12-18(15(23)2)19(20(25)27-6)24(17)21(26)28-22(3,4)5/h7-11,14-15,17-19H,12-13H2,1-6H3/t14-,15?,17+,18-,19+/m0/s1. The molecule has 1 amide bonds. The Hall–Kier alpha value is -2.08. The van der Waals surface area contributed by atoms with E-state index in [-0.39, 0.29) is 30.0 Å². The van der Waals surface area contributed by atoms with Gasteiger partial charge < -0.3 is 9.47 Å². The molecule has 6 heteroatoms. The summed E-state index contributed by atoms with van der Waals surface area (Å²) in [5.41, 5.74) is 0.617. The largest absolute Gasteiger partial charge is 0.467 e. The predicted molar refractivity (Wildman–Crippen MR) is 107 cm³/mol. The van der Waals surface area contributed by atoms with Crippen LogP contribution in [0.4, 0.5) is 4.79 Å². The number of rotatable bonds is 3. The van der Waals surface area contributed by atoms with Gasteiger partial charge in [0.2, 0.25) is 0 Å². The van der Waals surface area contributed by atoms with E-state index < -0.39 is 17.7 Å². The minimum Gasteiger partial charge on any atom is -0.467 e. The van der Waals surface area contributed by atoms with Gasteiger partial charge >= 0.3 is 12.1 Å². The molecule has 0 aliphatic carbocycles. The Morgan fingerprint density at radius 3 is 2.39 bits per heavy atom. The number of fused-ring (bicyclic) bond motifs is 2. The number of esters is 1. The summed E-state index contributed by atoms with van der Waals surface area (Å²) < 4.78 is 10.7. The average Bonchev–Trinajstić information content (AvgIpc) is 2.97. The Bertz CT molecular complexity index is 715. The summed E-state index contributed by atoms with van der Waals surface area (Å²) in [5.74, 6) is -0.343. The first kappa shape index (κ1) is 20.6. The van der Waals surface area contributed by atoms with Crippen molar-refractivity contribution in [2.75, 3.05) is 13.7 Å². The minimum atomic E-state index is -0.614. The summed E-state index contributed by atoms with van der Waals surface area (Å²) in [5, 5.41) is 0. The first-order valence-corrected chi connectivity index (χ1v) is 10.0. The molecule has 2 aliphatic heterocycles. The molecule has 0 radical (unpaired) electrons. The molecule has 0 saturated carbocycles. The van der Waals surface area contributed by atoms with Crippen molar-refractivity contribution in [1.82, 2.24) is 9.80 Å². The molecule has 0 aromatic heterocycles. The van der Waals surface area contributed by atoms with Crippen LogP contribution in [0.15, 0.2) is 30.3 Å². The number of carbonyl (C=O) groups is 2. The number of amides is 1. The summed E-state index contributed by atoms with van der Waals surface area (Å²) in [6, 6.07) is 10.0. The molecule has 1 aromatic carbocycles. The van der Waals surface area contributed by atoms with Crippen LogP contribution in [0.1, 0.15) is 52.6 Å². The van der Waals surface area contributed by atoms with Crippen molar-refractivity contribution >= 4 is 12.1 Å². The lowest BCUT2D eigenvalue weighted by Gasteiger charge is -2.42. The number of hydrogen-bond acceptors (Lipinski definition) is 5. The zero-order chi connectivity index (χ0) is 20.6. The second-order valence-electron chi connectivity index (χ2n) is 8.93. The minimum absolute atomic E-state index is 0.0184. The topological polar surface area (TPSA) is 59.1 Å². The molecule has 2 bridgehead atoms. The van der Waals surface area contributed by atoms with Gasteiger partial charge in [-0.2, -0.15) is 0 Å². The van der Waals surface area contributed by atoms with E-state index in [0.29, 0.717) is 6.54 Å². The van der Waals surface area contributed by atoms with Crippen LogP contribution in [0, 0.1) is 5.92 Å². The van der Waals surface area contributed by atoms with E-state index in [0.717, 1.165) is 6.42 Å². The molecule has 0 N–H and O–H groups in total. The fourth-order valence-electron chi connectivity index (χ4n) is 4.69. The van der Waals surface area contributed by atoms with Gasteiger partial charge in [0.25, 0.3) is 0 Å². The first-order valence-electron chi connectivity index (χ1n) is 10.0. The van der Waals surface area contributed by atoms with Crippen molar-refractivity contribution in [1.29, 1.82) is 0 Å². The predicted octanol–water partition coefficient (Wildman–Crippen LogP) is 3.62. The molecule has 2 saturated heterocycles. The normalized spacial score (nSPS) is 28.7. The molecular formula is C22H32N2O4. The highest BCUT2D eigenvalue weighted by Crippen LogP contribution is 2.43. The van der Waals surface area contributed by atoms with Gasteiger partial charge in [0.1, 0.15) is 11.6 Å². The number of likely N-dealkylation sites (tertiary alicyclic amines) is 2. The smallest absolute Gasteiger partial charge is 0.411 e. The van der Waals surface area contributed by atoms with Crippen molar-refractivity contribution in [3.63, 3.8) is 0 Å². The highest BCUT2D eigenvalue weighted by Gasteiger charge is 2.56. The lowest BCUT2D eigenvalue weighted by atomic mass is 9.86. The summed E-state index contributed by atoms with van der Waals surface area (Å²) in [4.78, 5) is 29.6. The lowest BCUT2D eigenvalue weighted by Crippen LogP contribution is -2.49. The fourth-order valence-corrected chi connectivity index (χ4v) is 4.69. The Balaban J connectivity index is 1.90. The summed E-state index contributed by atoms with van der Waals surface area (Å²) in [6.07, 6.45) is 0.356. The van der Waals surface area contributed by atoms with Crippen molar-refractivity contribution < 1.29 is 19.1 Å². The fraction of sp³-hybridized carbons (Fsp3) is 0.636. The van der Waals surface area contributed by atoms with Crippen LogP contribution in [-0.4, -0.2) is 59.2 Å². The van der Waals surface area contributed by atoms with Crippen molar-refractivity contribution in [3.05, 3.63) is 35.9 Å². The third-order valence-corrected chi connectivity index (χ3v) is 6.03. The summed E-state index contributed by atoms with van der Waals surface area (Å²) in [6.45, 7) is 10.6. The highest BCUT2D eigenvalue weighted by molar-refractivity contribution is 5.83. The van der Waals surface area contributed by atoms with Gasteiger partial charge in [0.05, 0.1) is 7.11 Å². The van der Waals surface area contributed by atoms with E-state index in [1.807, 2.05) is 39.0 Å². The Morgan fingerprint density at radius 1 is 1.18 bits per heavy atom. The molecule has 2 aliphatic rings. The third-order valence-electron chi connectivity index (χ3n) is 6.03. The molecular weight excluding hydrogens is 356 g/mol. The first-order chi connectivity index (χ1) is 13.1. The van der Waals surface area contributed by atoms with Gasteiger partial charge in [0.15, 0.2) is 0 Å². The number of ether oxygens (including phenoxy) is 2. The van der Waals surface area contributed by atoms with Gasteiger partial charge in [-0.15, -0.1) is 0 Å². The number of benzene rings is 1. The van der Waals surface area contributed by atoms with E-state index in [9.17, 15) is 9.59 Å². The van der Waals surface area contributed by atoms with Crippen LogP contribution in [0.25, 0.3) is 0 Å². The van der Waals surface area contributed by atoms with Crippen LogP contribution in [0.5, 0.6) is 0 Å². The maximum atomic E-state index is 13.0. The molecule has 1 aromatic rings. The molecule has 6 nitrogen and oxygen atoms in total. The monoisotopic (exact) mass is 388 g/mol. The van der Waals surface area contributed by atoms with Crippen LogP contribution >= 0.6 is 0 Å². The zero-order valence-corrected chi connectivity index (χ0v) is 17.7. The summed E-state index contributed by atoms with van der Waals surface area (Å²) >= 11 is 0. The number of methoxy groups -OCH3 is 1. The molecule has 0 spiro atoms. The van der Waals surface area contributed by atoms with E-state index in [4.69, 9.17) is 9.47 Å². The number of piperidine rings is 1.